The number of rotatable bonds is 1. The van der Waals surface area contributed by atoms with Gasteiger partial charge in [-0.1, -0.05) is 12.5 Å². The zero-order chi connectivity index (χ0) is 11.7. The van der Waals surface area contributed by atoms with Crippen LogP contribution in [-0.2, 0) is 6.42 Å². The molecule has 0 aliphatic heterocycles. The van der Waals surface area contributed by atoms with Gasteiger partial charge >= 0.3 is 0 Å². The van der Waals surface area contributed by atoms with Crippen LogP contribution in [0.4, 0.5) is 0 Å². The van der Waals surface area contributed by atoms with Gasteiger partial charge in [0.05, 0.1) is 7.11 Å². The van der Waals surface area contributed by atoms with Crippen molar-refractivity contribution in [1.29, 1.82) is 0 Å². The molecule has 0 aromatic heterocycles. The normalized spacial score (nSPS) is 20.1. The van der Waals surface area contributed by atoms with Gasteiger partial charge in [0.2, 0.25) is 0 Å². The predicted octanol–water partition coefficient (Wildman–Crippen LogP) is 3.04. The molecule has 2 nitrogen and oxygen atoms in total. The van der Waals surface area contributed by atoms with Crippen LogP contribution in [0.3, 0.4) is 0 Å². The zero-order valence-electron chi connectivity index (χ0n) is 10.5. The Bertz CT molecular complexity index is 398. The number of aryl methyl sites for hydroxylation is 2. The molecule has 0 fully saturated rings. The highest BCUT2D eigenvalue weighted by atomic mass is 16.5. The summed E-state index contributed by atoms with van der Waals surface area (Å²) in [6.07, 6.45) is 4.75. The minimum absolute atomic E-state index is 0.187. The van der Waals surface area contributed by atoms with E-state index >= 15 is 0 Å². The number of ether oxygens (including phenoxy) is 1. The van der Waals surface area contributed by atoms with E-state index in [1.54, 1.807) is 7.11 Å². The largest absolute Gasteiger partial charge is 0.496 e. The summed E-state index contributed by atoms with van der Waals surface area (Å²) in [6, 6.07) is 2.44. The molecule has 2 rings (SSSR count). The molecule has 0 saturated heterocycles. The maximum Gasteiger partial charge on any atom is 0.125 e. The summed E-state index contributed by atoms with van der Waals surface area (Å²) in [6.45, 7) is 4.25. The minimum atomic E-state index is 0.187. The summed E-state index contributed by atoms with van der Waals surface area (Å²) < 4.78 is 5.48. The second kappa shape index (κ2) is 4.46. The van der Waals surface area contributed by atoms with Crippen molar-refractivity contribution in [3.8, 4) is 5.75 Å². The summed E-state index contributed by atoms with van der Waals surface area (Å²) in [5.41, 5.74) is 11.5. The van der Waals surface area contributed by atoms with Gasteiger partial charge in [-0.25, -0.2) is 0 Å². The quantitative estimate of drug-likeness (QED) is 0.737. The van der Waals surface area contributed by atoms with E-state index < -0.39 is 0 Å². The van der Waals surface area contributed by atoms with Crippen LogP contribution < -0.4 is 10.5 Å². The summed E-state index contributed by atoms with van der Waals surface area (Å²) >= 11 is 0. The lowest BCUT2D eigenvalue weighted by Crippen LogP contribution is -2.13. The van der Waals surface area contributed by atoms with Crippen LogP contribution in [0.2, 0.25) is 0 Å². The molecule has 0 unspecified atom stereocenters. The van der Waals surface area contributed by atoms with E-state index in [0.29, 0.717) is 0 Å². The molecule has 0 heterocycles. The van der Waals surface area contributed by atoms with E-state index in [9.17, 15) is 0 Å². The molecule has 1 aromatic rings. The Labute approximate surface area is 97.8 Å². The van der Waals surface area contributed by atoms with E-state index in [1.807, 2.05) is 0 Å². The third-order valence-electron chi connectivity index (χ3n) is 3.63. The Balaban J connectivity index is 2.60. The van der Waals surface area contributed by atoms with Gasteiger partial charge in [-0.15, -0.1) is 0 Å². The maximum absolute atomic E-state index is 6.27. The zero-order valence-corrected chi connectivity index (χ0v) is 10.5. The first-order valence-electron chi connectivity index (χ1n) is 6.07. The smallest absolute Gasteiger partial charge is 0.125 e. The van der Waals surface area contributed by atoms with Crippen LogP contribution in [0.1, 0.15) is 47.6 Å². The monoisotopic (exact) mass is 219 g/mol. The number of hydrogen-bond acceptors (Lipinski definition) is 2. The Morgan fingerprint density at radius 3 is 2.75 bits per heavy atom. The highest BCUT2D eigenvalue weighted by molar-refractivity contribution is 5.51. The highest BCUT2D eigenvalue weighted by Crippen LogP contribution is 2.36. The van der Waals surface area contributed by atoms with Crippen molar-refractivity contribution in [1.82, 2.24) is 0 Å². The first-order valence-corrected chi connectivity index (χ1v) is 6.07. The molecule has 1 aliphatic rings. The van der Waals surface area contributed by atoms with Crippen LogP contribution >= 0.6 is 0 Å². The molecule has 0 bridgehead atoms. The standard InChI is InChI=1S/C14H21NO/c1-9-8-11-6-4-5-7-12(15)13(11)10(2)14(9)16-3/h8,12H,4-7,15H2,1-3H3/t12-/m1/s1. The molecular formula is C14H21NO. The molecule has 16 heavy (non-hydrogen) atoms. The third-order valence-corrected chi connectivity index (χ3v) is 3.63. The van der Waals surface area contributed by atoms with Crippen molar-refractivity contribution in [2.45, 2.75) is 45.6 Å². The average Bonchev–Trinajstić information content (AvgIpc) is 2.41. The van der Waals surface area contributed by atoms with Crippen LogP contribution in [0, 0.1) is 13.8 Å². The van der Waals surface area contributed by atoms with Crippen molar-refractivity contribution in [3.63, 3.8) is 0 Å². The molecule has 1 atom stereocenters. The number of nitrogens with two attached hydrogens (primary N) is 1. The second-order valence-electron chi connectivity index (χ2n) is 4.78. The van der Waals surface area contributed by atoms with Gasteiger partial charge in [-0.2, -0.15) is 0 Å². The van der Waals surface area contributed by atoms with Crippen molar-refractivity contribution in [3.05, 3.63) is 28.3 Å². The lowest BCUT2D eigenvalue weighted by molar-refractivity contribution is 0.407. The summed E-state index contributed by atoms with van der Waals surface area (Å²) in [7, 11) is 1.74. The van der Waals surface area contributed by atoms with Crippen molar-refractivity contribution >= 4 is 0 Å². The molecule has 1 aliphatic carbocycles. The number of methoxy groups -OCH3 is 1. The summed E-state index contributed by atoms with van der Waals surface area (Å²) in [5, 5.41) is 0. The lowest BCUT2D eigenvalue weighted by Gasteiger charge is -2.20. The van der Waals surface area contributed by atoms with Gasteiger partial charge in [-0.3, -0.25) is 0 Å². The van der Waals surface area contributed by atoms with E-state index in [1.165, 1.54) is 35.1 Å². The predicted molar refractivity (Wildman–Crippen MR) is 67.0 cm³/mol. The minimum Gasteiger partial charge on any atom is -0.496 e. The number of benzene rings is 1. The molecular weight excluding hydrogens is 198 g/mol. The fourth-order valence-electron chi connectivity index (χ4n) is 2.92. The third kappa shape index (κ3) is 1.82. The van der Waals surface area contributed by atoms with E-state index in [-0.39, 0.29) is 6.04 Å². The molecule has 0 spiro atoms. The van der Waals surface area contributed by atoms with Gasteiger partial charge in [0.1, 0.15) is 5.75 Å². The Kier molecular flexibility index (Phi) is 3.20. The molecule has 1 aromatic carbocycles. The van der Waals surface area contributed by atoms with Crippen LogP contribution in [0.5, 0.6) is 5.75 Å². The van der Waals surface area contributed by atoms with E-state index in [2.05, 4.69) is 19.9 Å². The van der Waals surface area contributed by atoms with Crippen molar-refractivity contribution in [2.24, 2.45) is 5.73 Å². The molecule has 0 saturated carbocycles. The molecule has 2 N–H and O–H groups in total. The molecule has 88 valence electrons. The summed E-state index contributed by atoms with van der Waals surface area (Å²) in [4.78, 5) is 0. The fraction of sp³-hybridized carbons (Fsp3) is 0.571. The van der Waals surface area contributed by atoms with Crippen molar-refractivity contribution in [2.75, 3.05) is 7.11 Å². The first-order chi connectivity index (χ1) is 7.65. The number of hydrogen-bond donors (Lipinski definition) is 1. The molecule has 0 amide bonds. The average molecular weight is 219 g/mol. The lowest BCUT2D eigenvalue weighted by atomic mass is 9.92. The van der Waals surface area contributed by atoms with Gasteiger partial charge in [0.15, 0.2) is 0 Å². The highest BCUT2D eigenvalue weighted by Gasteiger charge is 2.20. The maximum atomic E-state index is 6.27. The Morgan fingerprint density at radius 2 is 2.06 bits per heavy atom. The van der Waals surface area contributed by atoms with E-state index in [0.717, 1.165) is 18.6 Å². The fourth-order valence-corrected chi connectivity index (χ4v) is 2.92. The van der Waals surface area contributed by atoms with Gasteiger partial charge in [0, 0.05) is 6.04 Å². The molecule has 0 radical (unpaired) electrons. The van der Waals surface area contributed by atoms with Gasteiger partial charge in [-0.05, 0) is 55.4 Å². The van der Waals surface area contributed by atoms with Crippen LogP contribution in [-0.4, -0.2) is 7.11 Å². The van der Waals surface area contributed by atoms with Crippen LogP contribution in [0.15, 0.2) is 6.07 Å². The summed E-state index contributed by atoms with van der Waals surface area (Å²) in [5.74, 6) is 1.01. The Hall–Kier alpha value is -1.02. The van der Waals surface area contributed by atoms with Gasteiger partial charge in [0.25, 0.3) is 0 Å². The van der Waals surface area contributed by atoms with Crippen molar-refractivity contribution < 1.29 is 4.74 Å². The topological polar surface area (TPSA) is 35.2 Å². The number of fused-ring (bicyclic) bond motifs is 1. The van der Waals surface area contributed by atoms with E-state index in [4.69, 9.17) is 10.5 Å². The Morgan fingerprint density at radius 1 is 1.31 bits per heavy atom. The second-order valence-corrected chi connectivity index (χ2v) is 4.78. The SMILES string of the molecule is COc1c(C)cc2c(c1C)[C@H](N)CCCC2. The van der Waals surface area contributed by atoms with Crippen LogP contribution in [0.25, 0.3) is 0 Å². The molecule has 2 heteroatoms. The van der Waals surface area contributed by atoms with Gasteiger partial charge < -0.3 is 10.5 Å². The first kappa shape index (κ1) is 11.5.